The number of hydrogen-bond donors (Lipinski definition) is 0. The number of benzene rings is 3. The van der Waals surface area contributed by atoms with Crippen molar-refractivity contribution in [2.24, 2.45) is 0 Å². The van der Waals surface area contributed by atoms with Crippen LogP contribution in [0.25, 0.3) is 10.8 Å². The maximum absolute atomic E-state index is 13.9. The van der Waals surface area contributed by atoms with E-state index < -0.39 is 32.6 Å². The summed E-state index contributed by atoms with van der Waals surface area (Å²) < 4.78 is 71.9. The number of pyridine rings is 1. The Morgan fingerprint density at radius 1 is 0.780 bits per heavy atom. The Morgan fingerprint density at radius 3 is 1.80 bits per heavy atom. The highest BCUT2D eigenvalue weighted by atomic mass is 32.2. The monoisotopic (exact) mass is 599 g/mol. The largest absolute Gasteiger partial charge is 0.497 e. The normalized spacial score (nSPS) is 11.6. The van der Waals surface area contributed by atoms with Gasteiger partial charge in [-0.1, -0.05) is 24.3 Å². The highest BCUT2D eigenvalue weighted by Gasteiger charge is 2.32. The smallest absolute Gasteiger partial charge is 0.326 e. The molecule has 0 saturated carbocycles. The molecule has 3 aromatic carbocycles. The summed E-state index contributed by atoms with van der Waals surface area (Å²) in [5, 5.41) is 0.707. The standard InChI is InChI=1S/C28H29N3O8S2/c1-5-39-27(32)19-31(41(35,36)23-16-12-21(38-4)13-17-23)28-25-9-7-6-8-24(25)26(18-29-28)30(2)40(33,34)22-14-10-20(37-3)11-15-22/h6-18H,5,19H2,1-4H3. The molecule has 4 rings (SSSR count). The molecule has 0 bridgehead atoms. The number of carbonyl (C=O) groups is 1. The lowest BCUT2D eigenvalue weighted by molar-refractivity contribution is -0.141. The van der Waals surface area contributed by atoms with E-state index in [4.69, 9.17) is 14.2 Å². The van der Waals surface area contributed by atoms with Gasteiger partial charge >= 0.3 is 5.97 Å². The summed E-state index contributed by atoms with van der Waals surface area (Å²) in [6.45, 7) is 1.01. The van der Waals surface area contributed by atoms with Crippen LogP contribution in [-0.4, -0.2) is 62.2 Å². The first-order valence-corrected chi connectivity index (χ1v) is 15.3. The van der Waals surface area contributed by atoms with Crippen molar-refractivity contribution in [1.29, 1.82) is 0 Å². The van der Waals surface area contributed by atoms with E-state index in [1.54, 1.807) is 31.2 Å². The number of rotatable bonds is 11. The third-order valence-electron chi connectivity index (χ3n) is 6.27. The van der Waals surface area contributed by atoms with E-state index in [2.05, 4.69) is 4.98 Å². The Balaban J connectivity index is 1.86. The van der Waals surface area contributed by atoms with Gasteiger partial charge < -0.3 is 14.2 Å². The predicted molar refractivity (Wildman–Crippen MR) is 154 cm³/mol. The summed E-state index contributed by atoms with van der Waals surface area (Å²) >= 11 is 0. The van der Waals surface area contributed by atoms with E-state index in [1.807, 2.05) is 0 Å². The summed E-state index contributed by atoms with van der Waals surface area (Å²) in [5.41, 5.74) is 0.207. The van der Waals surface area contributed by atoms with E-state index in [-0.39, 0.29) is 27.9 Å². The van der Waals surface area contributed by atoms with Gasteiger partial charge in [0.25, 0.3) is 20.0 Å². The first-order chi connectivity index (χ1) is 19.5. The molecule has 0 unspecified atom stereocenters. The predicted octanol–water partition coefficient (Wildman–Crippen LogP) is 3.84. The van der Waals surface area contributed by atoms with Crippen molar-refractivity contribution in [3.63, 3.8) is 0 Å². The quantitative estimate of drug-likeness (QED) is 0.236. The van der Waals surface area contributed by atoms with Gasteiger partial charge in [0.1, 0.15) is 18.0 Å². The number of ether oxygens (including phenoxy) is 3. The fraction of sp³-hybridized carbons (Fsp3) is 0.214. The molecule has 0 N–H and O–H groups in total. The van der Waals surface area contributed by atoms with Crippen LogP contribution in [0.1, 0.15) is 6.92 Å². The van der Waals surface area contributed by atoms with Gasteiger partial charge in [-0.3, -0.25) is 9.10 Å². The van der Waals surface area contributed by atoms with Crippen LogP contribution in [-0.2, 0) is 29.6 Å². The van der Waals surface area contributed by atoms with Crippen LogP contribution >= 0.6 is 0 Å². The molecule has 0 spiro atoms. The highest BCUT2D eigenvalue weighted by Crippen LogP contribution is 2.36. The molecule has 11 nitrogen and oxygen atoms in total. The number of sulfonamides is 2. The first-order valence-electron chi connectivity index (χ1n) is 12.4. The molecule has 0 aliphatic carbocycles. The molecule has 216 valence electrons. The number of esters is 1. The Hall–Kier alpha value is -4.36. The number of carbonyl (C=O) groups excluding carboxylic acids is 1. The molecular formula is C28H29N3O8S2. The van der Waals surface area contributed by atoms with E-state index in [0.717, 1.165) is 8.61 Å². The second kappa shape index (κ2) is 12.0. The summed E-state index contributed by atoms with van der Waals surface area (Å²) in [5.74, 6) is 0.111. The number of nitrogens with zero attached hydrogens (tertiary/aromatic N) is 3. The van der Waals surface area contributed by atoms with Gasteiger partial charge in [0.2, 0.25) is 0 Å². The molecule has 0 aliphatic heterocycles. The van der Waals surface area contributed by atoms with Crippen LogP contribution < -0.4 is 18.1 Å². The van der Waals surface area contributed by atoms with Crippen molar-refractivity contribution < 1.29 is 35.8 Å². The van der Waals surface area contributed by atoms with Gasteiger partial charge in [-0.2, -0.15) is 0 Å². The molecule has 0 fully saturated rings. The summed E-state index contributed by atoms with van der Waals surface area (Å²) in [6, 6.07) is 18.2. The molecule has 0 atom stereocenters. The second-order valence-electron chi connectivity index (χ2n) is 8.65. The summed E-state index contributed by atoms with van der Waals surface area (Å²) in [6.07, 6.45) is 1.26. The molecule has 4 aromatic rings. The van der Waals surface area contributed by atoms with Crippen LogP contribution in [0.3, 0.4) is 0 Å². The second-order valence-corrected chi connectivity index (χ2v) is 12.5. The lowest BCUT2D eigenvalue weighted by atomic mass is 10.1. The average molecular weight is 600 g/mol. The first kappa shape index (κ1) is 29.6. The fourth-order valence-electron chi connectivity index (χ4n) is 4.12. The number of aromatic nitrogens is 1. The molecule has 1 aromatic heterocycles. The van der Waals surface area contributed by atoms with Gasteiger partial charge in [0.05, 0.1) is 42.5 Å². The number of fused-ring (bicyclic) bond motifs is 1. The van der Waals surface area contributed by atoms with Crippen LogP contribution in [0.2, 0.25) is 0 Å². The van der Waals surface area contributed by atoms with Gasteiger partial charge in [-0.15, -0.1) is 0 Å². The van der Waals surface area contributed by atoms with Crippen LogP contribution in [0.15, 0.2) is 88.8 Å². The number of hydrogen-bond acceptors (Lipinski definition) is 9. The SMILES string of the molecule is CCOC(=O)CN(c1ncc(N(C)S(=O)(=O)c2ccc(OC)cc2)c2ccccc12)S(=O)(=O)c1ccc(OC)cc1. The molecule has 0 amide bonds. The Labute approximate surface area is 239 Å². The van der Waals surface area contributed by atoms with Crippen LogP contribution in [0.4, 0.5) is 11.5 Å². The minimum Gasteiger partial charge on any atom is -0.497 e. The molecule has 1 heterocycles. The summed E-state index contributed by atoms with van der Waals surface area (Å²) in [4.78, 5) is 16.9. The zero-order valence-corrected chi connectivity index (χ0v) is 24.5. The number of anilines is 2. The third-order valence-corrected chi connectivity index (χ3v) is 9.81. The highest BCUT2D eigenvalue weighted by molar-refractivity contribution is 7.93. The minimum absolute atomic E-state index is 0.0278. The zero-order valence-electron chi connectivity index (χ0n) is 22.8. The van der Waals surface area contributed by atoms with E-state index in [0.29, 0.717) is 22.3 Å². The molecule has 0 radical (unpaired) electrons. The van der Waals surface area contributed by atoms with Crippen LogP contribution in [0.5, 0.6) is 11.5 Å². The van der Waals surface area contributed by atoms with Crippen molar-refractivity contribution in [3.8, 4) is 11.5 Å². The Bertz CT molecular complexity index is 1760. The van der Waals surface area contributed by atoms with E-state index in [1.165, 1.54) is 76.0 Å². The maximum atomic E-state index is 13.9. The number of methoxy groups -OCH3 is 2. The zero-order chi connectivity index (χ0) is 29.8. The van der Waals surface area contributed by atoms with E-state index in [9.17, 15) is 21.6 Å². The minimum atomic E-state index is -4.32. The third kappa shape index (κ3) is 5.91. The van der Waals surface area contributed by atoms with Gasteiger partial charge in [0.15, 0.2) is 5.82 Å². The average Bonchev–Trinajstić information content (AvgIpc) is 2.99. The van der Waals surface area contributed by atoms with Crippen molar-refractivity contribution in [2.75, 3.05) is 43.0 Å². The van der Waals surface area contributed by atoms with Gasteiger partial charge in [-0.05, 0) is 55.5 Å². The molecule has 0 saturated heterocycles. The van der Waals surface area contributed by atoms with Crippen molar-refractivity contribution >= 4 is 48.3 Å². The Morgan fingerprint density at radius 2 is 1.29 bits per heavy atom. The lowest BCUT2D eigenvalue weighted by Gasteiger charge is -2.26. The van der Waals surface area contributed by atoms with Crippen molar-refractivity contribution in [3.05, 3.63) is 79.0 Å². The van der Waals surface area contributed by atoms with Gasteiger partial charge in [-0.25, -0.2) is 26.1 Å². The Kier molecular flexibility index (Phi) is 8.69. The molecule has 41 heavy (non-hydrogen) atoms. The lowest BCUT2D eigenvalue weighted by Crippen LogP contribution is -2.37. The molecule has 13 heteroatoms. The van der Waals surface area contributed by atoms with Gasteiger partial charge in [0, 0.05) is 17.8 Å². The maximum Gasteiger partial charge on any atom is 0.326 e. The van der Waals surface area contributed by atoms with E-state index >= 15 is 0 Å². The van der Waals surface area contributed by atoms with Crippen molar-refractivity contribution in [1.82, 2.24) is 4.98 Å². The topological polar surface area (TPSA) is 132 Å². The van der Waals surface area contributed by atoms with Crippen molar-refractivity contribution in [2.45, 2.75) is 16.7 Å². The molecule has 0 aliphatic rings. The van der Waals surface area contributed by atoms with Crippen LogP contribution in [0, 0.1) is 0 Å². The molecular weight excluding hydrogens is 570 g/mol. The fourth-order valence-corrected chi connectivity index (χ4v) is 6.70. The summed E-state index contributed by atoms with van der Waals surface area (Å²) in [7, 11) is -4.03.